The smallest absolute Gasteiger partial charge is 0.321 e. The van der Waals surface area contributed by atoms with Gasteiger partial charge in [-0.2, -0.15) is 0 Å². The molecule has 0 aliphatic carbocycles. The van der Waals surface area contributed by atoms with Crippen molar-refractivity contribution in [2.45, 2.75) is 19.9 Å². The molecule has 2 aliphatic heterocycles. The molecule has 1 saturated heterocycles. The van der Waals surface area contributed by atoms with Gasteiger partial charge in [-0.05, 0) is 19.1 Å². The SMILES string of the molecule is Cc1cc(CN2CCN(C(=O)Nc3ccc4c(c3)OCCCO4)CC2)on1. The first-order valence-electron chi connectivity index (χ1n) is 9.27. The van der Waals surface area contributed by atoms with Crippen molar-refractivity contribution in [3.05, 3.63) is 35.7 Å². The predicted octanol–water partition coefficient (Wildman–Crippen LogP) is 2.49. The van der Waals surface area contributed by atoms with Gasteiger partial charge in [0.2, 0.25) is 0 Å². The zero-order valence-corrected chi connectivity index (χ0v) is 15.4. The molecule has 1 aromatic heterocycles. The number of fused-ring (bicyclic) bond motifs is 1. The fourth-order valence-electron chi connectivity index (χ4n) is 3.26. The monoisotopic (exact) mass is 372 g/mol. The molecule has 2 amide bonds. The van der Waals surface area contributed by atoms with Crippen LogP contribution in [0, 0.1) is 6.92 Å². The quantitative estimate of drug-likeness (QED) is 0.892. The minimum Gasteiger partial charge on any atom is -0.490 e. The molecule has 4 rings (SSSR count). The van der Waals surface area contributed by atoms with E-state index in [1.54, 1.807) is 0 Å². The van der Waals surface area contributed by atoms with Crippen molar-refractivity contribution in [2.24, 2.45) is 0 Å². The van der Waals surface area contributed by atoms with Crippen LogP contribution in [0.1, 0.15) is 17.9 Å². The number of benzene rings is 1. The molecular weight excluding hydrogens is 348 g/mol. The Morgan fingerprint density at radius 1 is 1.11 bits per heavy atom. The summed E-state index contributed by atoms with van der Waals surface area (Å²) in [6.07, 6.45) is 0.855. The molecule has 1 fully saturated rings. The summed E-state index contributed by atoms with van der Waals surface area (Å²) in [5, 5.41) is 6.87. The standard InChI is InChI=1S/C19H24N4O4/c1-14-11-16(27-21-14)13-22-5-7-23(8-6-22)19(24)20-15-3-4-17-18(12-15)26-10-2-9-25-17/h3-4,11-12H,2,5-10,13H2,1H3,(H,20,24). The Morgan fingerprint density at radius 3 is 2.63 bits per heavy atom. The third kappa shape index (κ3) is 4.33. The second-order valence-electron chi connectivity index (χ2n) is 6.84. The van der Waals surface area contributed by atoms with Gasteiger partial charge in [0.1, 0.15) is 0 Å². The summed E-state index contributed by atoms with van der Waals surface area (Å²) in [6, 6.07) is 7.35. The van der Waals surface area contributed by atoms with Crippen LogP contribution in [0.3, 0.4) is 0 Å². The molecule has 1 aromatic carbocycles. The Labute approximate surface area is 158 Å². The molecular formula is C19H24N4O4. The summed E-state index contributed by atoms with van der Waals surface area (Å²) in [5.74, 6) is 2.26. The minimum absolute atomic E-state index is 0.0975. The maximum Gasteiger partial charge on any atom is 0.321 e. The number of piperazine rings is 1. The molecule has 2 aromatic rings. The molecule has 8 heteroatoms. The van der Waals surface area contributed by atoms with E-state index >= 15 is 0 Å². The van der Waals surface area contributed by atoms with Gasteiger partial charge in [-0.3, -0.25) is 4.90 Å². The van der Waals surface area contributed by atoms with E-state index in [2.05, 4.69) is 15.4 Å². The lowest BCUT2D eigenvalue weighted by Crippen LogP contribution is -2.49. The van der Waals surface area contributed by atoms with Crippen LogP contribution in [0.2, 0.25) is 0 Å². The minimum atomic E-state index is -0.0975. The number of hydrogen-bond donors (Lipinski definition) is 1. The first-order chi connectivity index (χ1) is 13.2. The van der Waals surface area contributed by atoms with Gasteiger partial charge in [0.15, 0.2) is 17.3 Å². The van der Waals surface area contributed by atoms with E-state index in [-0.39, 0.29) is 6.03 Å². The van der Waals surface area contributed by atoms with Gasteiger partial charge in [0.25, 0.3) is 0 Å². The first-order valence-corrected chi connectivity index (χ1v) is 9.27. The lowest BCUT2D eigenvalue weighted by atomic mass is 10.2. The molecule has 0 atom stereocenters. The fourth-order valence-corrected chi connectivity index (χ4v) is 3.26. The molecule has 27 heavy (non-hydrogen) atoms. The normalized spacial score (nSPS) is 17.4. The summed E-state index contributed by atoms with van der Waals surface area (Å²) in [7, 11) is 0. The topological polar surface area (TPSA) is 80.1 Å². The van der Waals surface area contributed by atoms with Gasteiger partial charge in [0, 0.05) is 50.4 Å². The molecule has 144 valence electrons. The van der Waals surface area contributed by atoms with E-state index in [9.17, 15) is 4.79 Å². The lowest BCUT2D eigenvalue weighted by Gasteiger charge is -2.34. The zero-order chi connectivity index (χ0) is 18.6. The number of ether oxygens (including phenoxy) is 2. The number of rotatable bonds is 3. The summed E-state index contributed by atoms with van der Waals surface area (Å²) < 4.78 is 16.6. The van der Waals surface area contributed by atoms with Crippen LogP contribution in [0.15, 0.2) is 28.8 Å². The maximum absolute atomic E-state index is 12.6. The Kier molecular flexibility index (Phi) is 5.15. The average molecular weight is 372 g/mol. The van der Waals surface area contributed by atoms with Crippen LogP contribution < -0.4 is 14.8 Å². The van der Waals surface area contributed by atoms with Crippen LogP contribution in [0.25, 0.3) is 0 Å². The third-order valence-electron chi connectivity index (χ3n) is 4.71. The van der Waals surface area contributed by atoms with Crippen LogP contribution in [-0.4, -0.2) is 60.4 Å². The highest BCUT2D eigenvalue weighted by Crippen LogP contribution is 2.32. The Balaban J connectivity index is 1.30. The maximum atomic E-state index is 12.6. The average Bonchev–Trinajstić information content (AvgIpc) is 2.94. The van der Waals surface area contributed by atoms with E-state index in [1.807, 2.05) is 36.1 Å². The molecule has 8 nitrogen and oxygen atoms in total. The number of amides is 2. The van der Waals surface area contributed by atoms with Crippen molar-refractivity contribution in [3.8, 4) is 11.5 Å². The number of carbonyl (C=O) groups excluding carboxylic acids is 1. The number of nitrogens with zero attached hydrogens (tertiary/aromatic N) is 3. The molecule has 0 radical (unpaired) electrons. The zero-order valence-electron chi connectivity index (χ0n) is 15.4. The largest absolute Gasteiger partial charge is 0.490 e. The van der Waals surface area contributed by atoms with E-state index in [4.69, 9.17) is 14.0 Å². The van der Waals surface area contributed by atoms with Gasteiger partial charge in [0.05, 0.1) is 25.5 Å². The van der Waals surface area contributed by atoms with Crippen molar-refractivity contribution in [1.82, 2.24) is 15.0 Å². The second-order valence-corrected chi connectivity index (χ2v) is 6.84. The van der Waals surface area contributed by atoms with Crippen LogP contribution in [0.5, 0.6) is 11.5 Å². The number of nitrogens with one attached hydrogen (secondary N) is 1. The molecule has 2 aliphatic rings. The molecule has 0 bridgehead atoms. The van der Waals surface area contributed by atoms with Gasteiger partial charge in [-0.15, -0.1) is 0 Å². The molecule has 3 heterocycles. The molecule has 0 spiro atoms. The van der Waals surface area contributed by atoms with E-state index in [1.165, 1.54) is 0 Å². The van der Waals surface area contributed by atoms with Gasteiger partial charge < -0.3 is 24.2 Å². The number of aryl methyl sites for hydroxylation is 1. The molecule has 0 saturated carbocycles. The number of carbonyl (C=O) groups is 1. The van der Waals surface area contributed by atoms with E-state index in [0.29, 0.717) is 37.7 Å². The Hall–Kier alpha value is -2.74. The third-order valence-corrected chi connectivity index (χ3v) is 4.71. The number of hydrogen-bond acceptors (Lipinski definition) is 6. The second kappa shape index (κ2) is 7.87. The van der Waals surface area contributed by atoms with Crippen molar-refractivity contribution in [1.29, 1.82) is 0 Å². The highest BCUT2D eigenvalue weighted by Gasteiger charge is 2.22. The van der Waals surface area contributed by atoms with Crippen LogP contribution in [0.4, 0.5) is 10.5 Å². The van der Waals surface area contributed by atoms with Crippen LogP contribution in [-0.2, 0) is 6.54 Å². The summed E-state index contributed by atoms with van der Waals surface area (Å²) in [6.45, 7) is 6.84. The van der Waals surface area contributed by atoms with Gasteiger partial charge >= 0.3 is 6.03 Å². The summed E-state index contributed by atoms with van der Waals surface area (Å²) in [5.41, 5.74) is 1.60. The highest BCUT2D eigenvalue weighted by atomic mass is 16.5. The molecule has 0 unspecified atom stereocenters. The Morgan fingerprint density at radius 2 is 1.89 bits per heavy atom. The highest BCUT2D eigenvalue weighted by molar-refractivity contribution is 5.89. The first kappa shape index (κ1) is 17.7. The Bertz CT molecular complexity index is 799. The predicted molar refractivity (Wildman–Crippen MR) is 99.2 cm³/mol. The molecule has 1 N–H and O–H groups in total. The number of anilines is 1. The lowest BCUT2D eigenvalue weighted by molar-refractivity contribution is 0.134. The van der Waals surface area contributed by atoms with Crippen molar-refractivity contribution in [3.63, 3.8) is 0 Å². The number of aromatic nitrogens is 1. The number of urea groups is 1. The van der Waals surface area contributed by atoms with Crippen molar-refractivity contribution in [2.75, 3.05) is 44.7 Å². The summed E-state index contributed by atoms with van der Waals surface area (Å²) in [4.78, 5) is 16.7. The van der Waals surface area contributed by atoms with E-state index in [0.717, 1.165) is 43.3 Å². The van der Waals surface area contributed by atoms with Gasteiger partial charge in [-0.25, -0.2) is 4.79 Å². The summed E-state index contributed by atoms with van der Waals surface area (Å²) >= 11 is 0. The van der Waals surface area contributed by atoms with Crippen molar-refractivity contribution < 1.29 is 18.8 Å². The van der Waals surface area contributed by atoms with Crippen molar-refractivity contribution >= 4 is 11.7 Å². The van der Waals surface area contributed by atoms with E-state index < -0.39 is 0 Å². The van der Waals surface area contributed by atoms with Crippen LogP contribution >= 0.6 is 0 Å². The van der Waals surface area contributed by atoms with Gasteiger partial charge in [-0.1, -0.05) is 5.16 Å². The fraction of sp³-hybridized carbons (Fsp3) is 0.474.